The fourth-order valence-electron chi connectivity index (χ4n) is 2.61. The minimum absolute atomic E-state index is 0.0301. The maximum atomic E-state index is 12.7. The first-order valence-corrected chi connectivity index (χ1v) is 10.3. The van der Waals surface area contributed by atoms with Gasteiger partial charge in [0.05, 0.1) is 16.2 Å². The lowest BCUT2D eigenvalue weighted by Gasteiger charge is -2.11. The van der Waals surface area contributed by atoms with E-state index in [4.69, 9.17) is 4.42 Å². The van der Waals surface area contributed by atoms with Crippen LogP contribution in [0.1, 0.15) is 43.9 Å². The SMILES string of the molecule is CCS(=O)(=O)c1ccccc1C(=O)Nc1ccc2oc(C(C)(C)C)nc2c1. The van der Waals surface area contributed by atoms with Crippen LogP contribution >= 0.6 is 0 Å². The fourth-order valence-corrected chi connectivity index (χ4v) is 3.70. The van der Waals surface area contributed by atoms with E-state index in [1.807, 2.05) is 20.8 Å². The van der Waals surface area contributed by atoms with E-state index < -0.39 is 15.7 Å². The molecule has 27 heavy (non-hydrogen) atoms. The Labute approximate surface area is 158 Å². The number of aromatic nitrogens is 1. The summed E-state index contributed by atoms with van der Waals surface area (Å²) in [5.41, 5.74) is 1.68. The van der Waals surface area contributed by atoms with Gasteiger partial charge in [0.2, 0.25) is 5.89 Å². The summed E-state index contributed by atoms with van der Waals surface area (Å²) in [6, 6.07) is 11.3. The second-order valence-corrected chi connectivity index (χ2v) is 9.55. The van der Waals surface area contributed by atoms with Crippen LogP contribution in [0.2, 0.25) is 0 Å². The third-order valence-electron chi connectivity index (χ3n) is 4.13. The summed E-state index contributed by atoms with van der Waals surface area (Å²) in [5, 5.41) is 2.75. The standard InChI is InChI=1S/C20H22N2O4S/c1-5-27(24,25)17-9-7-6-8-14(17)18(23)21-13-10-11-16-15(12-13)22-19(26-16)20(2,3)4/h6-12H,5H2,1-4H3,(H,21,23). The number of carbonyl (C=O) groups is 1. The molecular weight excluding hydrogens is 364 g/mol. The van der Waals surface area contributed by atoms with Crippen molar-refractivity contribution >= 4 is 32.5 Å². The normalized spacial score (nSPS) is 12.3. The molecule has 0 aliphatic carbocycles. The minimum Gasteiger partial charge on any atom is -0.440 e. The Morgan fingerprint density at radius 2 is 1.85 bits per heavy atom. The number of sulfone groups is 1. The average molecular weight is 386 g/mol. The van der Waals surface area contributed by atoms with E-state index in [0.29, 0.717) is 22.7 Å². The first-order chi connectivity index (χ1) is 12.6. The molecule has 0 fully saturated rings. The van der Waals surface area contributed by atoms with Gasteiger partial charge in [0.25, 0.3) is 5.91 Å². The Morgan fingerprint density at radius 3 is 2.52 bits per heavy atom. The third-order valence-corrected chi connectivity index (χ3v) is 5.92. The largest absolute Gasteiger partial charge is 0.440 e. The maximum Gasteiger partial charge on any atom is 0.256 e. The first kappa shape index (κ1) is 19.1. The molecule has 0 radical (unpaired) electrons. The molecular formula is C20H22N2O4S. The van der Waals surface area contributed by atoms with Crippen LogP contribution in [-0.4, -0.2) is 25.1 Å². The topological polar surface area (TPSA) is 89.3 Å². The summed E-state index contributed by atoms with van der Waals surface area (Å²) >= 11 is 0. The number of rotatable bonds is 4. The molecule has 7 heteroatoms. The van der Waals surface area contributed by atoms with E-state index in [0.717, 1.165) is 0 Å². The number of benzene rings is 2. The van der Waals surface area contributed by atoms with Gasteiger partial charge in [-0.3, -0.25) is 4.79 Å². The van der Waals surface area contributed by atoms with Crippen LogP contribution in [0.25, 0.3) is 11.1 Å². The van der Waals surface area contributed by atoms with Crippen LogP contribution < -0.4 is 5.32 Å². The van der Waals surface area contributed by atoms with Gasteiger partial charge >= 0.3 is 0 Å². The van der Waals surface area contributed by atoms with Crippen LogP contribution in [0, 0.1) is 0 Å². The van der Waals surface area contributed by atoms with Crippen molar-refractivity contribution < 1.29 is 17.6 Å². The average Bonchev–Trinajstić information content (AvgIpc) is 3.05. The lowest BCUT2D eigenvalue weighted by Crippen LogP contribution is -2.17. The molecule has 142 valence electrons. The van der Waals surface area contributed by atoms with E-state index in [1.165, 1.54) is 12.1 Å². The number of fused-ring (bicyclic) bond motifs is 1. The number of carbonyl (C=O) groups excluding carboxylic acids is 1. The summed E-state index contributed by atoms with van der Waals surface area (Å²) in [6.45, 7) is 7.57. The van der Waals surface area contributed by atoms with Crippen molar-refractivity contribution in [1.82, 2.24) is 4.98 Å². The first-order valence-electron chi connectivity index (χ1n) is 8.66. The Hall–Kier alpha value is -2.67. The molecule has 1 aromatic heterocycles. The highest BCUT2D eigenvalue weighted by atomic mass is 32.2. The lowest BCUT2D eigenvalue weighted by atomic mass is 9.97. The van der Waals surface area contributed by atoms with Gasteiger partial charge in [-0.25, -0.2) is 13.4 Å². The van der Waals surface area contributed by atoms with Gasteiger partial charge in [0.1, 0.15) is 5.52 Å². The zero-order valence-electron chi connectivity index (χ0n) is 15.7. The van der Waals surface area contributed by atoms with Crippen LogP contribution in [0.4, 0.5) is 5.69 Å². The number of anilines is 1. The zero-order valence-corrected chi connectivity index (χ0v) is 16.6. The molecule has 0 bridgehead atoms. The summed E-state index contributed by atoms with van der Waals surface area (Å²) in [6.07, 6.45) is 0. The van der Waals surface area contributed by atoms with Crippen molar-refractivity contribution in [2.24, 2.45) is 0 Å². The van der Waals surface area contributed by atoms with Gasteiger partial charge in [0, 0.05) is 11.1 Å². The molecule has 0 atom stereocenters. The Kier molecular flexibility index (Phi) is 4.82. The monoisotopic (exact) mass is 386 g/mol. The van der Waals surface area contributed by atoms with Crippen LogP contribution in [0.5, 0.6) is 0 Å². The molecule has 6 nitrogen and oxygen atoms in total. The van der Waals surface area contributed by atoms with E-state index in [2.05, 4.69) is 10.3 Å². The molecule has 3 rings (SSSR count). The van der Waals surface area contributed by atoms with Gasteiger partial charge in [-0.1, -0.05) is 39.8 Å². The molecule has 3 aromatic rings. The predicted molar refractivity (Wildman–Crippen MR) is 105 cm³/mol. The molecule has 0 aliphatic rings. The van der Waals surface area contributed by atoms with Crippen LogP contribution in [0.3, 0.4) is 0 Å². The van der Waals surface area contributed by atoms with Crippen molar-refractivity contribution in [2.45, 2.75) is 38.0 Å². The van der Waals surface area contributed by atoms with Crippen LogP contribution in [0.15, 0.2) is 51.8 Å². The Bertz CT molecular complexity index is 1110. The van der Waals surface area contributed by atoms with Crippen molar-refractivity contribution in [1.29, 1.82) is 0 Å². The third kappa shape index (κ3) is 3.88. The number of nitrogens with zero attached hydrogens (tertiary/aromatic N) is 1. The summed E-state index contributed by atoms with van der Waals surface area (Å²) < 4.78 is 30.2. The molecule has 1 N–H and O–H groups in total. The highest BCUT2D eigenvalue weighted by molar-refractivity contribution is 7.91. The van der Waals surface area contributed by atoms with Crippen molar-refractivity contribution in [3.63, 3.8) is 0 Å². The highest BCUT2D eigenvalue weighted by Crippen LogP contribution is 2.27. The lowest BCUT2D eigenvalue weighted by molar-refractivity contribution is 0.102. The second-order valence-electron chi connectivity index (χ2n) is 7.31. The van der Waals surface area contributed by atoms with Crippen molar-refractivity contribution in [3.05, 3.63) is 53.9 Å². The van der Waals surface area contributed by atoms with E-state index in [9.17, 15) is 13.2 Å². The van der Waals surface area contributed by atoms with Gasteiger partial charge in [-0.05, 0) is 30.3 Å². The van der Waals surface area contributed by atoms with E-state index >= 15 is 0 Å². The number of amides is 1. The molecule has 0 saturated heterocycles. The van der Waals surface area contributed by atoms with Crippen molar-refractivity contribution in [2.75, 3.05) is 11.1 Å². The summed E-state index contributed by atoms with van der Waals surface area (Å²) in [5.74, 6) is 0.0551. The minimum atomic E-state index is -3.50. The molecule has 0 spiro atoms. The fraction of sp³-hybridized carbons (Fsp3) is 0.300. The number of nitrogens with one attached hydrogen (secondary N) is 1. The quantitative estimate of drug-likeness (QED) is 0.727. The molecule has 0 aliphatic heterocycles. The van der Waals surface area contributed by atoms with E-state index in [-0.39, 0.29) is 21.6 Å². The molecule has 1 heterocycles. The molecule has 2 aromatic carbocycles. The number of hydrogen-bond acceptors (Lipinski definition) is 5. The summed E-state index contributed by atoms with van der Waals surface area (Å²) in [4.78, 5) is 17.2. The Balaban J connectivity index is 1.93. The zero-order chi connectivity index (χ0) is 19.8. The molecule has 0 unspecified atom stereocenters. The van der Waals surface area contributed by atoms with Crippen LogP contribution in [-0.2, 0) is 15.3 Å². The number of oxazole rings is 1. The van der Waals surface area contributed by atoms with Crippen molar-refractivity contribution in [3.8, 4) is 0 Å². The van der Waals surface area contributed by atoms with Gasteiger partial charge < -0.3 is 9.73 Å². The van der Waals surface area contributed by atoms with Gasteiger partial charge in [0.15, 0.2) is 15.4 Å². The Morgan fingerprint density at radius 1 is 1.15 bits per heavy atom. The van der Waals surface area contributed by atoms with Gasteiger partial charge in [-0.15, -0.1) is 0 Å². The van der Waals surface area contributed by atoms with Gasteiger partial charge in [-0.2, -0.15) is 0 Å². The number of hydrogen-bond donors (Lipinski definition) is 1. The van der Waals surface area contributed by atoms with E-state index in [1.54, 1.807) is 37.3 Å². The molecule has 0 saturated carbocycles. The molecule has 1 amide bonds. The smallest absolute Gasteiger partial charge is 0.256 e. The summed E-state index contributed by atoms with van der Waals surface area (Å²) in [7, 11) is -3.50. The predicted octanol–water partition coefficient (Wildman–Crippen LogP) is 4.17. The maximum absolute atomic E-state index is 12.7. The highest BCUT2D eigenvalue weighted by Gasteiger charge is 2.22. The second kappa shape index (κ2) is 6.81.